The molecule has 0 saturated carbocycles. The average molecular weight is 418 g/mol. The fourth-order valence-electron chi connectivity index (χ4n) is 4.43. The Bertz CT molecular complexity index is 724. The molecule has 1 saturated heterocycles. The quantitative estimate of drug-likeness (QED) is 0.594. The van der Waals surface area contributed by atoms with E-state index in [9.17, 15) is 0 Å². The minimum atomic E-state index is -0.459. The van der Waals surface area contributed by atoms with E-state index in [-0.39, 0.29) is 20.1 Å². The Balaban J connectivity index is 1.85. The van der Waals surface area contributed by atoms with E-state index < -0.39 is 7.92 Å². The number of ether oxygens (including phenoxy) is 3. The van der Waals surface area contributed by atoms with Crippen molar-refractivity contribution >= 4 is 26.5 Å². The third-order valence-corrected chi connectivity index (χ3v) is 12.2. The molecule has 0 bridgehead atoms. The summed E-state index contributed by atoms with van der Waals surface area (Å²) >= 11 is 0. The Labute approximate surface area is 172 Å². The first-order valence-corrected chi connectivity index (χ1v) is 13.1. The van der Waals surface area contributed by atoms with Crippen LogP contribution in [0.5, 0.6) is 5.75 Å². The van der Waals surface area contributed by atoms with Crippen LogP contribution in [0.3, 0.4) is 0 Å². The Kier molecular flexibility index (Phi) is 7.89. The maximum Gasteiger partial charge on any atom is 0.126 e. The van der Waals surface area contributed by atoms with Crippen LogP contribution in [0.4, 0.5) is 0 Å². The predicted octanol–water partition coefficient (Wildman–Crippen LogP) is 4.43. The molecule has 0 aliphatic carbocycles. The van der Waals surface area contributed by atoms with Gasteiger partial charge in [-0.1, -0.05) is 70.3 Å². The molecule has 5 unspecified atom stereocenters. The van der Waals surface area contributed by atoms with Crippen LogP contribution in [-0.4, -0.2) is 57.2 Å². The normalized spacial score (nSPS) is 28.2. The molecule has 0 radical (unpaired) electrons. The molecule has 2 aromatic carbocycles. The number of methoxy groups -OCH3 is 3. The van der Waals surface area contributed by atoms with Crippen molar-refractivity contribution in [1.29, 1.82) is 0 Å². The van der Waals surface area contributed by atoms with Crippen LogP contribution >= 0.6 is 15.8 Å². The van der Waals surface area contributed by atoms with Gasteiger partial charge in [-0.05, 0) is 31.6 Å². The van der Waals surface area contributed by atoms with Crippen molar-refractivity contribution in [2.75, 3.05) is 33.7 Å². The van der Waals surface area contributed by atoms with Gasteiger partial charge in [0.25, 0.3) is 0 Å². The first kappa shape index (κ1) is 21.7. The van der Waals surface area contributed by atoms with E-state index in [0.29, 0.717) is 11.3 Å². The largest absolute Gasteiger partial charge is 0.496 e. The Morgan fingerprint density at radius 3 is 1.96 bits per heavy atom. The van der Waals surface area contributed by atoms with Gasteiger partial charge in [-0.3, -0.25) is 0 Å². The molecular formula is C23H32O3P2. The van der Waals surface area contributed by atoms with Gasteiger partial charge in [0.15, 0.2) is 0 Å². The van der Waals surface area contributed by atoms with Crippen molar-refractivity contribution in [2.45, 2.75) is 37.4 Å². The lowest BCUT2D eigenvalue weighted by molar-refractivity contribution is -0.0244. The van der Waals surface area contributed by atoms with Crippen molar-refractivity contribution in [2.24, 2.45) is 0 Å². The monoisotopic (exact) mass is 418 g/mol. The molecule has 0 spiro atoms. The number of para-hydroxylation sites is 1. The molecule has 3 nitrogen and oxygen atoms in total. The number of hydrogen-bond acceptors (Lipinski definition) is 3. The second-order valence-electron chi connectivity index (χ2n) is 7.28. The van der Waals surface area contributed by atoms with E-state index in [2.05, 4.69) is 68.4 Å². The van der Waals surface area contributed by atoms with Gasteiger partial charge < -0.3 is 14.2 Å². The molecule has 0 amide bonds. The predicted molar refractivity (Wildman–Crippen MR) is 123 cm³/mol. The van der Waals surface area contributed by atoms with E-state index in [1.54, 1.807) is 7.11 Å². The lowest BCUT2D eigenvalue weighted by atomic mass is 10.1. The van der Waals surface area contributed by atoms with Crippen LogP contribution < -0.4 is 15.3 Å². The second-order valence-corrected chi connectivity index (χ2v) is 12.7. The van der Waals surface area contributed by atoms with Gasteiger partial charge in [0.05, 0.1) is 19.3 Å². The Hall–Kier alpha value is -0.980. The Morgan fingerprint density at radius 1 is 0.821 bits per heavy atom. The fraction of sp³-hybridized carbons (Fsp3) is 0.478. The number of benzene rings is 2. The van der Waals surface area contributed by atoms with Gasteiger partial charge in [0.2, 0.25) is 0 Å². The molecule has 1 fully saturated rings. The summed E-state index contributed by atoms with van der Waals surface area (Å²) in [6.45, 7) is 4.70. The van der Waals surface area contributed by atoms with E-state index in [1.807, 2.05) is 14.2 Å². The highest BCUT2D eigenvalue weighted by atomic mass is 31.1. The maximum atomic E-state index is 5.82. The fourth-order valence-corrected chi connectivity index (χ4v) is 11.1. The first-order chi connectivity index (χ1) is 13.6. The van der Waals surface area contributed by atoms with E-state index in [1.165, 1.54) is 22.9 Å². The summed E-state index contributed by atoms with van der Waals surface area (Å²) in [5, 5.41) is 2.76. The molecule has 0 N–H and O–H groups in total. The summed E-state index contributed by atoms with van der Waals surface area (Å²) in [4.78, 5) is 0. The molecule has 28 heavy (non-hydrogen) atoms. The van der Waals surface area contributed by atoms with Crippen LogP contribution in [0.1, 0.15) is 13.8 Å². The van der Waals surface area contributed by atoms with Gasteiger partial charge >= 0.3 is 0 Å². The topological polar surface area (TPSA) is 27.7 Å². The van der Waals surface area contributed by atoms with Crippen LogP contribution in [0.25, 0.3) is 0 Å². The zero-order chi connectivity index (χ0) is 20.1. The molecule has 152 valence electrons. The summed E-state index contributed by atoms with van der Waals surface area (Å²) in [5.41, 5.74) is 1.12. The summed E-state index contributed by atoms with van der Waals surface area (Å²) < 4.78 is 17.3. The molecule has 3 rings (SSSR count). The highest BCUT2D eigenvalue weighted by Crippen LogP contribution is 2.58. The standard InChI is InChI=1S/C23H32O3P2/c1-17-22(25-4)23(26-5)18(2)27(17)15-16-28(19-11-7-6-8-12-19)21-14-10-9-13-20(21)24-3/h6-14,17-18,22-23H,15-16H2,1-5H3. The summed E-state index contributed by atoms with van der Waals surface area (Å²) in [6.07, 6.45) is 2.82. The van der Waals surface area contributed by atoms with Gasteiger partial charge in [0.1, 0.15) is 5.75 Å². The smallest absolute Gasteiger partial charge is 0.126 e. The average Bonchev–Trinajstić information content (AvgIpc) is 2.98. The van der Waals surface area contributed by atoms with Gasteiger partial charge in [-0.15, -0.1) is 0 Å². The first-order valence-electron chi connectivity index (χ1n) is 9.89. The van der Waals surface area contributed by atoms with Gasteiger partial charge in [-0.25, -0.2) is 0 Å². The lowest BCUT2D eigenvalue weighted by Crippen LogP contribution is -2.34. The minimum Gasteiger partial charge on any atom is -0.496 e. The van der Waals surface area contributed by atoms with Gasteiger partial charge in [-0.2, -0.15) is 0 Å². The molecule has 0 aromatic heterocycles. The number of rotatable bonds is 8. The summed E-state index contributed by atoms with van der Waals surface area (Å²) in [6, 6.07) is 19.4. The summed E-state index contributed by atoms with van der Waals surface area (Å²) in [5.74, 6) is 1.00. The highest BCUT2D eigenvalue weighted by molar-refractivity contribution is 7.74. The molecule has 1 aliphatic heterocycles. The molecule has 5 atom stereocenters. The highest BCUT2D eigenvalue weighted by Gasteiger charge is 2.46. The second kappa shape index (κ2) is 10.2. The van der Waals surface area contributed by atoms with Crippen molar-refractivity contribution in [3.63, 3.8) is 0 Å². The van der Waals surface area contributed by atoms with Crippen LogP contribution in [0, 0.1) is 0 Å². The van der Waals surface area contributed by atoms with Crippen molar-refractivity contribution in [3.8, 4) is 5.75 Å². The van der Waals surface area contributed by atoms with Gasteiger partial charge in [0, 0.05) is 30.8 Å². The third-order valence-electron chi connectivity index (χ3n) is 5.89. The molecule has 5 heteroatoms. The zero-order valence-corrected chi connectivity index (χ0v) is 19.3. The maximum absolute atomic E-state index is 5.82. The molecule has 2 aromatic rings. The van der Waals surface area contributed by atoms with E-state index >= 15 is 0 Å². The zero-order valence-electron chi connectivity index (χ0n) is 17.5. The molecule has 1 heterocycles. The minimum absolute atomic E-state index is 0.160. The van der Waals surface area contributed by atoms with Crippen LogP contribution in [0.15, 0.2) is 54.6 Å². The molecular weight excluding hydrogens is 386 g/mol. The van der Waals surface area contributed by atoms with Crippen molar-refractivity contribution < 1.29 is 14.2 Å². The van der Waals surface area contributed by atoms with Crippen LogP contribution in [0.2, 0.25) is 0 Å². The van der Waals surface area contributed by atoms with E-state index in [0.717, 1.165) is 5.75 Å². The number of hydrogen-bond donors (Lipinski definition) is 0. The molecule has 1 aliphatic rings. The SMILES string of the molecule is COc1ccccc1P(CCP1C(C)C(OC)C(OC)C1C)c1ccccc1. The Morgan fingerprint density at radius 2 is 1.39 bits per heavy atom. The summed E-state index contributed by atoms with van der Waals surface area (Å²) in [7, 11) is 4.80. The van der Waals surface area contributed by atoms with Crippen LogP contribution in [-0.2, 0) is 9.47 Å². The lowest BCUT2D eigenvalue weighted by Gasteiger charge is -2.26. The van der Waals surface area contributed by atoms with Crippen molar-refractivity contribution in [3.05, 3.63) is 54.6 Å². The van der Waals surface area contributed by atoms with Crippen molar-refractivity contribution in [1.82, 2.24) is 0 Å². The third kappa shape index (κ3) is 4.44. The van der Waals surface area contributed by atoms with E-state index in [4.69, 9.17) is 14.2 Å².